The Kier molecular flexibility index (Phi) is 6.95. The van der Waals surface area contributed by atoms with Crippen LogP contribution in [0.25, 0.3) is 0 Å². The van der Waals surface area contributed by atoms with E-state index in [1.54, 1.807) is 0 Å². The van der Waals surface area contributed by atoms with Gasteiger partial charge in [-0.05, 0) is 38.0 Å². The average molecular weight is 300 g/mol. The van der Waals surface area contributed by atoms with Crippen LogP contribution in [0, 0.1) is 5.41 Å². The van der Waals surface area contributed by atoms with Crippen molar-refractivity contribution in [1.29, 1.82) is 0 Å². The molecule has 2 amide bonds. The Hall–Kier alpha value is -1.30. The van der Waals surface area contributed by atoms with Gasteiger partial charge in [-0.2, -0.15) is 0 Å². The average Bonchev–Trinajstić information content (AvgIpc) is 2.36. The van der Waals surface area contributed by atoms with Gasteiger partial charge >= 0.3 is 12.0 Å². The summed E-state index contributed by atoms with van der Waals surface area (Å²) >= 11 is 0. The Balaban J connectivity index is 2.19. The maximum absolute atomic E-state index is 11.8. The molecule has 0 bridgehead atoms. The molecule has 0 aliphatic carbocycles. The van der Waals surface area contributed by atoms with E-state index in [1.807, 2.05) is 20.8 Å². The molecular formula is C15H28N2O4. The fraction of sp³-hybridized carbons (Fsp3) is 0.867. The van der Waals surface area contributed by atoms with Crippen LogP contribution in [-0.2, 0) is 9.53 Å². The smallest absolute Gasteiger partial charge is 0.315 e. The zero-order valence-electron chi connectivity index (χ0n) is 13.3. The maximum atomic E-state index is 11.8. The first kappa shape index (κ1) is 17.8. The molecule has 2 atom stereocenters. The summed E-state index contributed by atoms with van der Waals surface area (Å²) in [6.07, 6.45) is 3.43. The van der Waals surface area contributed by atoms with Gasteiger partial charge in [0, 0.05) is 25.6 Å². The van der Waals surface area contributed by atoms with E-state index >= 15 is 0 Å². The first-order valence-corrected chi connectivity index (χ1v) is 7.66. The largest absolute Gasteiger partial charge is 0.481 e. The Morgan fingerprint density at radius 3 is 2.67 bits per heavy atom. The molecule has 1 fully saturated rings. The lowest BCUT2D eigenvalue weighted by Gasteiger charge is -2.28. The molecule has 1 aliphatic heterocycles. The summed E-state index contributed by atoms with van der Waals surface area (Å²) in [7, 11) is 0. The second-order valence-corrected chi connectivity index (χ2v) is 6.61. The van der Waals surface area contributed by atoms with Gasteiger partial charge in [0.05, 0.1) is 6.10 Å². The van der Waals surface area contributed by atoms with E-state index in [9.17, 15) is 9.59 Å². The maximum Gasteiger partial charge on any atom is 0.315 e. The normalized spacial score (nSPS) is 22.6. The molecule has 6 nitrogen and oxygen atoms in total. The minimum absolute atomic E-state index is 0.0845. The molecule has 0 aromatic carbocycles. The predicted molar refractivity (Wildman–Crippen MR) is 80.2 cm³/mol. The number of nitrogens with one attached hydrogen (secondary N) is 2. The van der Waals surface area contributed by atoms with Gasteiger partial charge in [0.25, 0.3) is 0 Å². The van der Waals surface area contributed by atoms with Gasteiger partial charge in [-0.3, -0.25) is 4.79 Å². The molecule has 0 aromatic heterocycles. The van der Waals surface area contributed by atoms with Crippen LogP contribution in [0.3, 0.4) is 0 Å². The molecular weight excluding hydrogens is 272 g/mol. The van der Waals surface area contributed by atoms with Crippen LogP contribution in [0.5, 0.6) is 0 Å². The second-order valence-electron chi connectivity index (χ2n) is 6.61. The molecule has 21 heavy (non-hydrogen) atoms. The zero-order valence-corrected chi connectivity index (χ0v) is 13.3. The number of carbonyl (C=O) groups excluding carboxylic acids is 1. The number of carbonyl (C=O) groups is 2. The molecule has 0 spiro atoms. The third kappa shape index (κ3) is 7.90. The first-order chi connectivity index (χ1) is 9.78. The fourth-order valence-electron chi connectivity index (χ4n) is 2.45. The second kappa shape index (κ2) is 8.22. The van der Waals surface area contributed by atoms with Gasteiger partial charge in [-0.15, -0.1) is 0 Å². The lowest BCUT2D eigenvalue weighted by atomic mass is 9.84. The summed E-state index contributed by atoms with van der Waals surface area (Å²) in [5.74, 6) is -0.776. The number of hydrogen-bond donors (Lipinski definition) is 3. The lowest BCUT2D eigenvalue weighted by molar-refractivity contribution is -0.137. The minimum Gasteiger partial charge on any atom is -0.481 e. The zero-order chi connectivity index (χ0) is 15.9. The van der Waals surface area contributed by atoms with Crippen LogP contribution >= 0.6 is 0 Å². The fourth-order valence-corrected chi connectivity index (χ4v) is 2.45. The van der Waals surface area contributed by atoms with E-state index in [0.29, 0.717) is 19.6 Å². The quantitative estimate of drug-likeness (QED) is 0.672. The highest BCUT2D eigenvalue weighted by molar-refractivity contribution is 5.74. The molecule has 3 N–H and O–H groups in total. The number of amides is 2. The van der Waals surface area contributed by atoms with Crippen molar-refractivity contribution in [1.82, 2.24) is 10.6 Å². The van der Waals surface area contributed by atoms with Gasteiger partial charge in [0.1, 0.15) is 0 Å². The molecule has 1 saturated heterocycles. The minimum atomic E-state index is -0.776. The van der Waals surface area contributed by atoms with Crippen molar-refractivity contribution < 1.29 is 19.4 Å². The Morgan fingerprint density at radius 1 is 1.33 bits per heavy atom. The lowest BCUT2D eigenvalue weighted by Crippen LogP contribution is -2.46. The van der Waals surface area contributed by atoms with Gasteiger partial charge in [-0.25, -0.2) is 4.79 Å². The topological polar surface area (TPSA) is 87.7 Å². The number of hydrogen-bond acceptors (Lipinski definition) is 3. The molecule has 0 radical (unpaired) electrons. The molecule has 122 valence electrons. The van der Waals surface area contributed by atoms with Crippen molar-refractivity contribution in [2.75, 3.05) is 13.2 Å². The van der Waals surface area contributed by atoms with E-state index in [2.05, 4.69) is 10.6 Å². The molecule has 0 aromatic rings. The summed E-state index contributed by atoms with van der Waals surface area (Å²) in [4.78, 5) is 22.4. The number of urea groups is 1. The van der Waals surface area contributed by atoms with Gasteiger partial charge < -0.3 is 20.5 Å². The van der Waals surface area contributed by atoms with Crippen LogP contribution in [0.15, 0.2) is 0 Å². The highest BCUT2D eigenvalue weighted by Crippen LogP contribution is 2.25. The number of carboxylic acids is 1. The van der Waals surface area contributed by atoms with Crippen LogP contribution < -0.4 is 10.6 Å². The number of carboxylic acid groups (broad SMARTS) is 1. The predicted octanol–water partition coefficient (Wildman–Crippen LogP) is 2.13. The highest BCUT2D eigenvalue weighted by Gasteiger charge is 2.22. The van der Waals surface area contributed by atoms with Crippen molar-refractivity contribution in [3.8, 4) is 0 Å². The monoisotopic (exact) mass is 300 g/mol. The van der Waals surface area contributed by atoms with Crippen LogP contribution in [0.2, 0.25) is 0 Å². The SMILES string of the molecule is CC1CC(NC(=O)NCCC(C)(C)CCC(=O)O)CCO1. The van der Waals surface area contributed by atoms with E-state index in [1.165, 1.54) is 0 Å². The molecule has 1 rings (SSSR count). The molecule has 1 aliphatic rings. The van der Waals surface area contributed by atoms with Crippen molar-refractivity contribution in [2.45, 2.75) is 65.0 Å². The van der Waals surface area contributed by atoms with E-state index < -0.39 is 5.97 Å². The first-order valence-electron chi connectivity index (χ1n) is 7.66. The summed E-state index contributed by atoms with van der Waals surface area (Å²) in [6, 6.07) is 0.0249. The van der Waals surface area contributed by atoms with Crippen molar-refractivity contribution in [3.63, 3.8) is 0 Å². The van der Waals surface area contributed by atoms with Crippen LogP contribution in [-0.4, -0.2) is 42.4 Å². The Bertz CT molecular complexity index is 358. The van der Waals surface area contributed by atoms with Crippen LogP contribution in [0.1, 0.15) is 52.9 Å². The number of rotatable bonds is 7. The van der Waals surface area contributed by atoms with Crippen molar-refractivity contribution in [3.05, 3.63) is 0 Å². The van der Waals surface area contributed by atoms with E-state index in [0.717, 1.165) is 19.3 Å². The molecule has 6 heteroatoms. The molecule has 0 saturated carbocycles. The Morgan fingerprint density at radius 2 is 2.05 bits per heavy atom. The summed E-state index contributed by atoms with van der Waals surface area (Å²) in [5, 5.41) is 14.5. The van der Waals surface area contributed by atoms with Gasteiger partial charge in [0.15, 0.2) is 0 Å². The van der Waals surface area contributed by atoms with Crippen molar-refractivity contribution in [2.24, 2.45) is 5.41 Å². The highest BCUT2D eigenvalue weighted by atomic mass is 16.5. The summed E-state index contributed by atoms with van der Waals surface area (Å²) in [6.45, 7) is 7.30. The standard InChI is InChI=1S/C15H28N2O4/c1-11-10-12(5-9-21-11)17-14(20)16-8-7-15(2,3)6-4-13(18)19/h11-12H,4-10H2,1-3H3,(H,18,19)(H2,16,17,20). The van der Waals surface area contributed by atoms with E-state index in [4.69, 9.17) is 9.84 Å². The third-order valence-corrected chi connectivity index (χ3v) is 3.92. The third-order valence-electron chi connectivity index (χ3n) is 3.92. The molecule has 1 heterocycles. The van der Waals surface area contributed by atoms with Gasteiger partial charge in [0.2, 0.25) is 0 Å². The van der Waals surface area contributed by atoms with Crippen molar-refractivity contribution >= 4 is 12.0 Å². The number of aliphatic carboxylic acids is 1. The van der Waals surface area contributed by atoms with Crippen LogP contribution in [0.4, 0.5) is 4.79 Å². The van der Waals surface area contributed by atoms with Gasteiger partial charge in [-0.1, -0.05) is 13.8 Å². The molecule has 2 unspecified atom stereocenters. The summed E-state index contributed by atoms with van der Waals surface area (Å²) < 4.78 is 5.44. The summed E-state index contributed by atoms with van der Waals surface area (Å²) in [5.41, 5.74) is -0.0845. The Labute approximate surface area is 126 Å². The van der Waals surface area contributed by atoms with E-state index in [-0.39, 0.29) is 30.0 Å². The number of ether oxygens (including phenoxy) is 1.